The van der Waals surface area contributed by atoms with Gasteiger partial charge in [-0.2, -0.15) is 5.10 Å². The number of nitrogens with one attached hydrogen (secondary N) is 1. The van der Waals surface area contributed by atoms with Gasteiger partial charge in [0.1, 0.15) is 19.0 Å². The minimum Gasteiger partial charge on any atom is -0.493 e. The molecule has 9 heteroatoms. The van der Waals surface area contributed by atoms with Crippen LogP contribution in [0.25, 0.3) is 0 Å². The van der Waals surface area contributed by atoms with E-state index in [9.17, 15) is 14.9 Å². The lowest BCUT2D eigenvalue weighted by molar-refractivity contribution is -0.384. The smallest absolute Gasteiger partial charge is 0.271 e. The molecule has 192 valence electrons. The zero-order valence-electron chi connectivity index (χ0n) is 20.6. The number of nitro groups is 1. The first-order valence-corrected chi connectivity index (χ1v) is 11.7. The number of carbonyl (C=O) groups excluding carboxylic acids is 1. The summed E-state index contributed by atoms with van der Waals surface area (Å²) in [5.41, 5.74) is 5.44. The molecular formula is C29H25N3O6. The van der Waals surface area contributed by atoms with E-state index in [1.54, 1.807) is 48.5 Å². The van der Waals surface area contributed by atoms with Crippen LogP contribution in [0.1, 0.15) is 27.0 Å². The third-order valence-corrected chi connectivity index (χ3v) is 5.45. The van der Waals surface area contributed by atoms with Crippen molar-refractivity contribution in [3.05, 3.63) is 129 Å². The number of rotatable bonds is 11. The van der Waals surface area contributed by atoms with Crippen molar-refractivity contribution in [1.29, 1.82) is 0 Å². The van der Waals surface area contributed by atoms with E-state index in [1.165, 1.54) is 25.5 Å². The van der Waals surface area contributed by atoms with Crippen LogP contribution in [-0.4, -0.2) is 24.2 Å². The summed E-state index contributed by atoms with van der Waals surface area (Å²) in [7, 11) is 1.52. The molecule has 0 aliphatic heterocycles. The maximum absolute atomic E-state index is 12.6. The van der Waals surface area contributed by atoms with Crippen molar-refractivity contribution < 1.29 is 23.9 Å². The molecule has 0 saturated carbocycles. The largest absolute Gasteiger partial charge is 0.493 e. The lowest BCUT2D eigenvalue weighted by atomic mass is 10.2. The van der Waals surface area contributed by atoms with Crippen LogP contribution in [0.5, 0.6) is 17.2 Å². The van der Waals surface area contributed by atoms with Crippen LogP contribution < -0.4 is 19.6 Å². The summed E-state index contributed by atoms with van der Waals surface area (Å²) in [6.07, 6.45) is 1.51. The highest BCUT2D eigenvalue weighted by Crippen LogP contribution is 2.29. The van der Waals surface area contributed by atoms with Crippen molar-refractivity contribution in [2.24, 2.45) is 5.10 Å². The van der Waals surface area contributed by atoms with Crippen molar-refractivity contribution in [2.45, 2.75) is 13.2 Å². The number of carbonyl (C=O) groups is 1. The summed E-state index contributed by atoms with van der Waals surface area (Å²) < 4.78 is 17.0. The van der Waals surface area contributed by atoms with Gasteiger partial charge in [0.15, 0.2) is 11.5 Å². The Hall–Kier alpha value is -5.18. The molecule has 0 heterocycles. The van der Waals surface area contributed by atoms with Gasteiger partial charge in [0.05, 0.1) is 18.2 Å². The van der Waals surface area contributed by atoms with Gasteiger partial charge < -0.3 is 14.2 Å². The standard InChI is InChI=1S/C29H25N3O6/c1-36-28-17-24(12-15-27(28)38-20-21-6-3-2-4-7-21)29(33)31-30-18-23-8-5-9-26(16-23)37-19-22-10-13-25(14-11-22)32(34)35/h2-18H,19-20H2,1H3,(H,31,33)/b30-18+. The molecule has 0 saturated heterocycles. The molecule has 4 aromatic carbocycles. The highest BCUT2D eigenvalue weighted by molar-refractivity contribution is 5.95. The number of benzene rings is 4. The molecule has 0 spiro atoms. The maximum atomic E-state index is 12.6. The third-order valence-electron chi connectivity index (χ3n) is 5.45. The van der Waals surface area contributed by atoms with Gasteiger partial charge in [-0.3, -0.25) is 14.9 Å². The number of nitrogens with zero attached hydrogens (tertiary/aromatic N) is 2. The normalized spacial score (nSPS) is 10.7. The van der Waals surface area contributed by atoms with E-state index in [1.807, 2.05) is 36.4 Å². The highest BCUT2D eigenvalue weighted by Gasteiger charge is 2.11. The van der Waals surface area contributed by atoms with E-state index in [2.05, 4.69) is 10.5 Å². The minimum atomic E-state index is -0.445. The number of hydrazone groups is 1. The van der Waals surface area contributed by atoms with E-state index >= 15 is 0 Å². The Kier molecular flexibility index (Phi) is 8.64. The molecule has 1 amide bonds. The first-order chi connectivity index (χ1) is 18.5. The summed E-state index contributed by atoms with van der Waals surface area (Å²) >= 11 is 0. The third kappa shape index (κ3) is 7.17. The van der Waals surface area contributed by atoms with Crippen molar-refractivity contribution in [1.82, 2.24) is 5.43 Å². The van der Waals surface area contributed by atoms with Crippen LogP contribution in [0.4, 0.5) is 5.69 Å². The van der Waals surface area contributed by atoms with Gasteiger partial charge in [0.2, 0.25) is 0 Å². The number of methoxy groups -OCH3 is 1. The molecule has 0 fully saturated rings. The van der Waals surface area contributed by atoms with Crippen molar-refractivity contribution >= 4 is 17.8 Å². The quantitative estimate of drug-likeness (QED) is 0.161. The van der Waals surface area contributed by atoms with E-state index in [4.69, 9.17) is 14.2 Å². The topological polar surface area (TPSA) is 112 Å². The second-order valence-corrected chi connectivity index (χ2v) is 8.12. The maximum Gasteiger partial charge on any atom is 0.271 e. The number of hydrogen-bond acceptors (Lipinski definition) is 7. The molecule has 0 radical (unpaired) electrons. The van der Waals surface area contributed by atoms with E-state index in [-0.39, 0.29) is 12.3 Å². The molecule has 38 heavy (non-hydrogen) atoms. The number of non-ortho nitro benzene ring substituents is 1. The zero-order valence-corrected chi connectivity index (χ0v) is 20.6. The Morgan fingerprint density at radius 3 is 2.34 bits per heavy atom. The van der Waals surface area contributed by atoms with Gasteiger partial charge in [0.25, 0.3) is 11.6 Å². The molecule has 0 atom stereocenters. The van der Waals surface area contributed by atoms with Crippen molar-refractivity contribution in [2.75, 3.05) is 7.11 Å². The van der Waals surface area contributed by atoms with Crippen molar-refractivity contribution in [3.8, 4) is 17.2 Å². The lowest BCUT2D eigenvalue weighted by Crippen LogP contribution is -2.17. The average molecular weight is 512 g/mol. The molecule has 4 aromatic rings. The number of amides is 1. The van der Waals surface area contributed by atoms with Crippen LogP contribution in [0.3, 0.4) is 0 Å². The first-order valence-electron chi connectivity index (χ1n) is 11.7. The van der Waals surface area contributed by atoms with Gasteiger partial charge in [0, 0.05) is 17.7 Å². The Bertz CT molecular complexity index is 1420. The molecule has 0 aliphatic carbocycles. The Labute approximate surface area is 219 Å². The second kappa shape index (κ2) is 12.7. The Morgan fingerprint density at radius 1 is 0.868 bits per heavy atom. The summed E-state index contributed by atoms with van der Waals surface area (Å²) in [6.45, 7) is 0.631. The fraction of sp³-hybridized carbons (Fsp3) is 0.103. The lowest BCUT2D eigenvalue weighted by Gasteiger charge is -2.12. The minimum absolute atomic E-state index is 0.0276. The number of hydrogen-bond donors (Lipinski definition) is 1. The fourth-order valence-corrected chi connectivity index (χ4v) is 3.46. The monoisotopic (exact) mass is 511 g/mol. The first kappa shape index (κ1) is 25.9. The molecule has 1 N–H and O–H groups in total. The molecule has 0 unspecified atom stereocenters. The summed E-state index contributed by atoms with van der Waals surface area (Å²) in [6, 6.07) is 28.0. The molecule has 9 nitrogen and oxygen atoms in total. The van der Waals surface area contributed by atoms with E-state index in [0.29, 0.717) is 35.0 Å². The summed E-state index contributed by atoms with van der Waals surface area (Å²) in [4.78, 5) is 22.9. The van der Waals surface area contributed by atoms with Crippen LogP contribution in [0.15, 0.2) is 102 Å². The molecule has 0 bridgehead atoms. The van der Waals surface area contributed by atoms with E-state index < -0.39 is 10.8 Å². The van der Waals surface area contributed by atoms with Gasteiger partial charge in [-0.1, -0.05) is 42.5 Å². The SMILES string of the molecule is COc1cc(C(=O)N/N=C/c2cccc(OCc3ccc([N+](=O)[O-])cc3)c2)ccc1OCc1ccccc1. The summed E-state index contributed by atoms with van der Waals surface area (Å²) in [5, 5.41) is 14.8. The molecule has 4 rings (SSSR count). The number of ether oxygens (including phenoxy) is 3. The fourth-order valence-electron chi connectivity index (χ4n) is 3.46. The van der Waals surface area contributed by atoms with Crippen LogP contribution >= 0.6 is 0 Å². The molecule has 0 aromatic heterocycles. The molecular weight excluding hydrogens is 486 g/mol. The average Bonchev–Trinajstić information content (AvgIpc) is 2.96. The van der Waals surface area contributed by atoms with Crippen molar-refractivity contribution in [3.63, 3.8) is 0 Å². The van der Waals surface area contributed by atoms with Gasteiger partial charge in [-0.15, -0.1) is 0 Å². The van der Waals surface area contributed by atoms with Crippen LogP contribution in [0, 0.1) is 10.1 Å². The zero-order chi connectivity index (χ0) is 26.7. The van der Waals surface area contributed by atoms with Crippen LogP contribution in [-0.2, 0) is 13.2 Å². The summed E-state index contributed by atoms with van der Waals surface area (Å²) in [5.74, 6) is 1.16. The predicted octanol–water partition coefficient (Wildman–Crippen LogP) is 5.53. The number of nitro benzene ring substituents is 1. The predicted molar refractivity (Wildman–Crippen MR) is 143 cm³/mol. The Balaban J connectivity index is 1.32. The molecule has 0 aliphatic rings. The second-order valence-electron chi connectivity index (χ2n) is 8.12. The Morgan fingerprint density at radius 2 is 1.61 bits per heavy atom. The van der Waals surface area contributed by atoms with Crippen LogP contribution in [0.2, 0.25) is 0 Å². The highest BCUT2D eigenvalue weighted by atomic mass is 16.6. The van der Waals surface area contributed by atoms with Gasteiger partial charge in [-0.25, -0.2) is 5.43 Å². The van der Waals surface area contributed by atoms with Gasteiger partial charge in [-0.05, 0) is 59.2 Å². The van der Waals surface area contributed by atoms with Gasteiger partial charge >= 0.3 is 0 Å². The van der Waals surface area contributed by atoms with E-state index in [0.717, 1.165) is 11.1 Å².